The summed E-state index contributed by atoms with van der Waals surface area (Å²) in [6.07, 6.45) is 5.14. The van der Waals surface area contributed by atoms with Crippen molar-refractivity contribution >= 4 is 23.2 Å². The van der Waals surface area contributed by atoms with Crippen molar-refractivity contribution in [3.63, 3.8) is 0 Å². The Hall–Kier alpha value is -1.98. The van der Waals surface area contributed by atoms with Crippen LogP contribution in [0.15, 0.2) is 36.8 Å². The molecule has 0 N–H and O–H groups in total. The summed E-state index contributed by atoms with van der Waals surface area (Å²) >= 11 is 6.13. The fourth-order valence-corrected chi connectivity index (χ4v) is 3.72. The Kier molecular flexibility index (Phi) is 3.75. The lowest BCUT2D eigenvalue weighted by Crippen LogP contribution is -2.40. The number of rotatable bonds is 1. The number of halogens is 1. The molecule has 0 aliphatic carbocycles. The number of carbonyl (C=O) groups excluding carboxylic acids is 1. The number of carbonyl (C=O) groups is 1. The Balaban J connectivity index is 1.77. The highest BCUT2D eigenvalue weighted by atomic mass is 35.5. The van der Waals surface area contributed by atoms with Crippen LogP contribution in [-0.4, -0.2) is 39.9 Å². The van der Waals surface area contributed by atoms with E-state index in [9.17, 15) is 4.79 Å². The zero-order chi connectivity index (χ0) is 15.8. The number of nitrogens with zero attached hydrogens (tertiary/aromatic N) is 4. The number of amides is 1. The lowest BCUT2D eigenvalue weighted by molar-refractivity contribution is 0.0976. The van der Waals surface area contributed by atoms with Crippen LogP contribution in [0.25, 0.3) is 0 Å². The molecular formula is C17H17ClN4O. The van der Waals surface area contributed by atoms with Crippen LogP contribution in [0.4, 0.5) is 5.69 Å². The molecule has 23 heavy (non-hydrogen) atoms. The number of hydrogen-bond acceptors (Lipinski definition) is 4. The van der Waals surface area contributed by atoms with Gasteiger partial charge in [-0.1, -0.05) is 29.8 Å². The molecule has 1 unspecified atom stereocenters. The minimum Gasteiger partial charge on any atom is -0.305 e. The van der Waals surface area contributed by atoms with Crippen molar-refractivity contribution in [1.82, 2.24) is 14.9 Å². The summed E-state index contributed by atoms with van der Waals surface area (Å²) in [7, 11) is 0. The van der Waals surface area contributed by atoms with Crippen LogP contribution < -0.4 is 4.90 Å². The van der Waals surface area contributed by atoms with Crippen LogP contribution >= 0.6 is 11.6 Å². The van der Waals surface area contributed by atoms with Gasteiger partial charge in [0.05, 0.1) is 5.02 Å². The molecule has 1 atom stereocenters. The first-order valence-electron chi connectivity index (χ1n) is 7.83. The summed E-state index contributed by atoms with van der Waals surface area (Å²) in [5.74, 6) is -0.154. The van der Waals surface area contributed by atoms with Crippen LogP contribution in [0.3, 0.4) is 0 Å². The second-order valence-electron chi connectivity index (χ2n) is 6.03. The molecule has 2 aliphatic heterocycles. The van der Waals surface area contributed by atoms with Crippen LogP contribution in [0.5, 0.6) is 0 Å². The van der Waals surface area contributed by atoms with Gasteiger partial charge in [0, 0.05) is 31.0 Å². The van der Waals surface area contributed by atoms with Crippen LogP contribution in [0.1, 0.15) is 28.9 Å². The Morgan fingerprint density at radius 2 is 2.17 bits per heavy atom. The molecular weight excluding hydrogens is 312 g/mol. The number of para-hydroxylation sites is 1. The van der Waals surface area contributed by atoms with Gasteiger partial charge in [0.1, 0.15) is 6.33 Å². The summed E-state index contributed by atoms with van der Waals surface area (Å²) in [5, 5.41) is 0.294. The van der Waals surface area contributed by atoms with Crippen molar-refractivity contribution in [3.8, 4) is 0 Å². The minimum atomic E-state index is -0.154. The molecule has 1 fully saturated rings. The molecule has 0 bridgehead atoms. The maximum Gasteiger partial charge on any atom is 0.278 e. The Labute approximate surface area is 139 Å². The van der Waals surface area contributed by atoms with Gasteiger partial charge in [-0.15, -0.1) is 0 Å². The lowest BCUT2D eigenvalue weighted by Gasteiger charge is -2.26. The molecule has 5 nitrogen and oxygen atoms in total. The van der Waals surface area contributed by atoms with E-state index in [0.717, 1.165) is 25.2 Å². The molecule has 1 aromatic carbocycles. The quantitative estimate of drug-likeness (QED) is 0.807. The SMILES string of the molecule is O=C(c1ncncc1Cl)N1CC2CCCN2Cc2ccccc21. The van der Waals surface area contributed by atoms with Gasteiger partial charge in [-0.2, -0.15) is 0 Å². The number of benzene rings is 1. The lowest BCUT2D eigenvalue weighted by atomic mass is 10.1. The van der Waals surface area contributed by atoms with E-state index in [0.29, 0.717) is 17.6 Å². The molecule has 0 radical (unpaired) electrons. The summed E-state index contributed by atoms with van der Waals surface area (Å²) < 4.78 is 0. The van der Waals surface area contributed by atoms with E-state index >= 15 is 0 Å². The van der Waals surface area contributed by atoms with Crippen LogP contribution in [-0.2, 0) is 6.54 Å². The van der Waals surface area contributed by atoms with Gasteiger partial charge in [0.25, 0.3) is 5.91 Å². The van der Waals surface area contributed by atoms with Gasteiger partial charge in [0.15, 0.2) is 5.69 Å². The highest BCUT2D eigenvalue weighted by Crippen LogP contribution is 2.32. The Morgan fingerprint density at radius 1 is 1.30 bits per heavy atom. The first-order valence-corrected chi connectivity index (χ1v) is 8.21. The molecule has 1 saturated heterocycles. The summed E-state index contributed by atoms with van der Waals surface area (Å²) in [4.78, 5) is 25.3. The van der Waals surface area contributed by atoms with Crippen molar-refractivity contribution in [2.45, 2.75) is 25.4 Å². The molecule has 3 heterocycles. The van der Waals surface area contributed by atoms with E-state index in [4.69, 9.17) is 11.6 Å². The monoisotopic (exact) mass is 328 g/mol. The van der Waals surface area contributed by atoms with Gasteiger partial charge >= 0.3 is 0 Å². The third-order valence-electron chi connectivity index (χ3n) is 4.66. The fraction of sp³-hybridized carbons (Fsp3) is 0.353. The molecule has 1 amide bonds. The van der Waals surface area contributed by atoms with Gasteiger partial charge < -0.3 is 4.90 Å². The standard InChI is InChI=1S/C17H17ClN4O/c18-14-8-19-11-20-16(14)17(23)22-10-13-5-3-7-21(13)9-12-4-1-2-6-15(12)22/h1-2,4,6,8,11,13H,3,5,7,9-10H2. The summed E-state index contributed by atoms with van der Waals surface area (Å²) in [6.45, 7) is 2.66. The van der Waals surface area contributed by atoms with Crippen molar-refractivity contribution in [3.05, 3.63) is 53.1 Å². The van der Waals surface area contributed by atoms with E-state index in [1.165, 1.54) is 24.5 Å². The molecule has 2 aliphatic rings. The number of aromatic nitrogens is 2. The van der Waals surface area contributed by atoms with Crippen molar-refractivity contribution in [2.24, 2.45) is 0 Å². The smallest absolute Gasteiger partial charge is 0.278 e. The average Bonchev–Trinajstić information content (AvgIpc) is 2.94. The zero-order valence-corrected chi connectivity index (χ0v) is 13.4. The second kappa shape index (κ2) is 5.91. The van der Waals surface area contributed by atoms with Gasteiger partial charge in [-0.25, -0.2) is 9.97 Å². The van der Waals surface area contributed by atoms with Crippen molar-refractivity contribution in [1.29, 1.82) is 0 Å². The third-order valence-corrected chi connectivity index (χ3v) is 4.94. The fourth-order valence-electron chi connectivity index (χ4n) is 3.54. The maximum absolute atomic E-state index is 13.1. The zero-order valence-electron chi connectivity index (χ0n) is 12.7. The molecule has 118 valence electrons. The van der Waals surface area contributed by atoms with E-state index in [1.54, 1.807) is 0 Å². The summed E-state index contributed by atoms with van der Waals surface area (Å²) in [6, 6.07) is 8.49. The third kappa shape index (κ3) is 2.60. The van der Waals surface area contributed by atoms with Crippen molar-refractivity contribution < 1.29 is 4.79 Å². The molecule has 4 rings (SSSR count). The predicted octanol–water partition coefficient (Wildman–Crippen LogP) is 2.75. The maximum atomic E-state index is 13.1. The van der Waals surface area contributed by atoms with Crippen LogP contribution in [0.2, 0.25) is 5.02 Å². The number of hydrogen-bond donors (Lipinski definition) is 0. The number of fused-ring (bicyclic) bond motifs is 2. The number of anilines is 1. The van der Waals surface area contributed by atoms with E-state index in [1.807, 2.05) is 23.1 Å². The van der Waals surface area contributed by atoms with E-state index in [2.05, 4.69) is 20.9 Å². The van der Waals surface area contributed by atoms with E-state index < -0.39 is 0 Å². The average molecular weight is 329 g/mol. The topological polar surface area (TPSA) is 49.3 Å². The molecule has 0 saturated carbocycles. The van der Waals surface area contributed by atoms with Crippen molar-refractivity contribution in [2.75, 3.05) is 18.0 Å². The second-order valence-corrected chi connectivity index (χ2v) is 6.44. The minimum absolute atomic E-state index is 0.154. The first kappa shape index (κ1) is 14.6. The normalized spacial score (nSPS) is 20.7. The summed E-state index contributed by atoms with van der Waals surface area (Å²) in [5.41, 5.74) is 2.40. The Morgan fingerprint density at radius 3 is 3.04 bits per heavy atom. The molecule has 2 aromatic rings. The van der Waals surface area contributed by atoms with Gasteiger partial charge in [-0.3, -0.25) is 9.69 Å². The Bertz CT molecular complexity index is 751. The van der Waals surface area contributed by atoms with Gasteiger partial charge in [-0.05, 0) is 31.0 Å². The highest BCUT2D eigenvalue weighted by Gasteiger charge is 2.34. The van der Waals surface area contributed by atoms with Crippen LogP contribution in [0, 0.1) is 0 Å². The molecule has 0 spiro atoms. The van der Waals surface area contributed by atoms with E-state index in [-0.39, 0.29) is 11.6 Å². The molecule has 1 aromatic heterocycles. The predicted molar refractivity (Wildman–Crippen MR) is 88.6 cm³/mol. The van der Waals surface area contributed by atoms with Gasteiger partial charge in [0.2, 0.25) is 0 Å². The first-order chi connectivity index (χ1) is 11.2. The largest absolute Gasteiger partial charge is 0.305 e. The highest BCUT2D eigenvalue weighted by molar-refractivity contribution is 6.34. The molecule has 6 heteroatoms.